The van der Waals surface area contributed by atoms with Gasteiger partial charge in [0, 0.05) is 18.0 Å². The van der Waals surface area contributed by atoms with Crippen molar-refractivity contribution in [1.29, 1.82) is 0 Å². The Morgan fingerprint density at radius 3 is 2.47 bits per heavy atom. The molecular weight excluding hydrogens is 468 g/mol. The van der Waals surface area contributed by atoms with Gasteiger partial charge in [-0.15, -0.1) is 0 Å². The maximum absolute atomic E-state index is 13.1. The molecule has 0 unspecified atom stereocenters. The van der Waals surface area contributed by atoms with Crippen LogP contribution in [0.2, 0.25) is 0 Å². The molecule has 0 saturated heterocycles. The van der Waals surface area contributed by atoms with Crippen molar-refractivity contribution >= 4 is 11.6 Å². The number of nitrogens with zero attached hydrogens (tertiary/aromatic N) is 5. The summed E-state index contributed by atoms with van der Waals surface area (Å²) in [5.41, 5.74) is 2.15. The summed E-state index contributed by atoms with van der Waals surface area (Å²) < 4.78 is 80.8. The predicted molar refractivity (Wildman–Crippen MR) is 107 cm³/mol. The van der Waals surface area contributed by atoms with E-state index in [-0.39, 0.29) is 11.4 Å². The van der Waals surface area contributed by atoms with Crippen molar-refractivity contribution in [2.24, 2.45) is 0 Å². The Labute approximate surface area is 189 Å². The van der Waals surface area contributed by atoms with Gasteiger partial charge in [-0.3, -0.25) is 19.4 Å². The highest BCUT2D eigenvalue weighted by molar-refractivity contribution is 6.11. The molecule has 0 fully saturated rings. The number of ether oxygens (including phenoxy) is 1. The number of anilines is 1. The average Bonchev–Trinajstić information content (AvgIpc) is 3.27. The molecule has 1 aliphatic heterocycles. The van der Waals surface area contributed by atoms with E-state index in [1.54, 1.807) is 19.9 Å². The minimum Gasteiger partial charge on any atom is -0.482 e. The van der Waals surface area contributed by atoms with Gasteiger partial charge < -0.3 is 4.74 Å². The summed E-state index contributed by atoms with van der Waals surface area (Å²) in [6.07, 6.45) is -4.13. The second kappa shape index (κ2) is 8.29. The smallest absolute Gasteiger partial charge is 0.422 e. The normalized spacial score (nSPS) is 16.2. The van der Waals surface area contributed by atoms with Gasteiger partial charge in [-0.25, -0.2) is 4.98 Å². The van der Waals surface area contributed by atoms with E-state index in [4.69, 9.17) is 4.74 Å². The zero-order valence-corrected chi connectivity index (χ0v) is 17.8. The molecule has 0 bridgehead atoms. The quantitative estimate of drug-likeness (QED) is 0.482. The number of aromatic nitrogens is 4. The molecule has 0 aromatic carbocycles. The number of fused-ring (bicyclic) bond motifs is 1. The molecule has 13 heteroatoms. The van der Waals surface area contributed by atoms with E-state index in [2.05, 4.69) is 15.1 Å². The third-order valence-electron chi connectivity index (χ3n) is 5.11. The first-order valence-corrected chi connectivity index (χ1v) is 9.91. The molecule has 0 spiro atoms. The van der Waals surface area contributed by atoms with E-state index >= 15 is 0 Å². The summed E-state index contributed by atoms with van der Waals surface area (Å²) in [5.74, 6) is -0.538. The first kappa shape index (κ1) is 23.5. The van der Waals surface area contributed by atoms with Crippen LogP contribution in [0, 0.1) is 6.92 Å². The lowest BCUT2D eigenvalue weighted by molar-refractivity contribution is -0.153. The van der Waals surface area contributed by atoms with E-state index in [9.17, 15) is 31.1 Å². The molecule has 0 saturated carbocycles. The Hall–Kier alpha value is -3.64. The van der Waals surface area contributed by atoms with Crippen LogP contribution in [0.3, 0.4) is 0 Å². The molecule has 4 rings (SSSR count). The molecule has 3 aromatic rings. The van der Waals surface area contributed by atoms with Crippen molar-refractivity contribution in [3.63, 3.8) is 0 Å². The number of rotatable bonds is 5. The van der Waals surface area contributed by atoms with Gasteiger partial charge in [0.1, 0.15) is 12.3 Å². The summed E-state index contributed by atoms with van der Waals surface area (Å²) in [7, 11) is 0. The van der Waals surface area contributed by atoms with Crippen molar-refractivity contribution in [3.8, 4) is 17.0 Å². The van der Waals surface area contributed by atoms with Crippen molar-refractivity contribution < 1.29 is 35.9 Å². The summed E-state index contributed by atoms with van der Waals surface area (Å²) >= 11 is 0. The van der Waals surface area contributed by atoms with Gasteiger partial charge >= 0.3 is 12.4 Å². The zero-order chi connectivity index (χ0) is 24.8. The fraction of sp³-hybridized carbons (Fsp3) is 0.333. The minimum atomic E-state index is -4.51. The standard InChI is InChI=1S/C21H17F6N5O2/c1-11-3-16(13-4-15(7-28-5-13)34-10-21(25,26)27)30-18-12(2)32(19(33)17(11)18)14-6-29-31(8-14)9-20(22,23)24/h3-8,12H,9-10H2,1-2H3/t12-/m1/s1. The van der Waals surface area contributed by atoms with Crippen molar-refractivity contribution in [2.75, 3.05) is 11.5 Å². The van der Waals surface area contributed by atoms with Gasteiger partial charge in [-0.05, 0) is 31.5 Å². The highest BCUT2D eigenvalue weighted by Gasteiger charge is 2.39. The first-order chi connectivity index (χ1) is 15.8. The van der Waals surface area contributed by atoms with E-state index in [1.807, 2.05) is 0 Å². The third kappa shape index (κ3) is 4.82. The van der Waals surface area contributed by atoms with Crippen LogP contribution >= 0.6 is 0 Å². The lowest BCUT2D eigenvalue weighted by Crippen LogP contribution is -2.26. The van der Waals surface area contributed by atoms with Crippen LogP contribution in [0.4, 0.5) is 32.0 Å². The Morgan fingerprint density at radius 1 is 1.06 bits per heavy atom. The molecule has 0 N–H and O–H groups in total. The largest absolute Gasteiger partial charge is 0.482 e. The highest BCUT2D eigenvalue weighted by atomic mass is 19.4. The Bertz CT molecular complexity index is 1240. The number of amides is 1. The Morgan fingerprint density at radius 2 is 1.79 bits per heavy atom. The molecule has 3 aromatic heterocycles. The zero-order valence-electron chi connectivity index (χ0n) is 17.8. The van der Waals surface area contributed by atoms with Gasteiger partial charge in [0.25, 0.3) is 5.91 Å². The van der Waals surface area contributed by atoms with Crippen molar-refractivity contribution in [1.82, 2.24) is 19.7 Å². The molecule has 1 amide bonds. The molecule has 34 heavy (non-hydrogen) atoms. The number of hydrogen-bond acceptors (Lipinski definition) is 5. The van der Waals surface area contributed by atoms with Crippen LogP contribution in [-0.2, 0) is 6.54 Å². The van der Waals surface area contributed by atoms with E-state index in [0.717, 1.165) is 12.4 Å². The van der Waals surface area contributed by atoms with Crippen LogP contribution in [-0.4, -0.2) is 44.6 Å². The molecule has 4 heterocycles. The lowest BCUT2D eigenvalue weighted by atomic mass is 10.0. The van der Waals surface area contributed by atoms with Gasteiger partial charge in [0.15, 0.2) is 6.61 Å². The average molecular weight is 485 g/mol. The van der Waals surface area contributed by atoms with E-state index in [1.165, 1.54) is 23.4 Å². The number of alkyl halides is 6. The SMILES string of the molecule is Cc1cc(-c2cncc(OCC(F)(F)F)c2)nc2c1C(=O)N(c1cnn(CC(F)(F)F)c1)[C@@H]2C. The highest BCUT2D eigenvalue weighted by Crippen LogP contribution is 2.39. The summed E-state index contributed by atoms with van der Waals surface area (Å²) in [4.78, 5) is 22.8. The first-order valence-electron chi connectivity index (χ1n) is 9.91. The van der Waals surface area contributed by atoms with E-state index < -0.39 is 37.5 Å². The Kier molecular flexibility index (Phi) is 5.74. The molecule has 0 radical (unpaired) electrons. The molecule has 7 nitrogen and oxygen atoms in total. The van der Waals surface area contributed by atoms with Crippen LogP contribution < -0.4 is 9.64 Å². The van der Waals surface area contributed by atoms with E-state index in [0.29, 0.717) is 32.8 Å². The lowest BCUT2D eigenvalue weighted by Gasteiger charge is -2.19. The molecule has 180 valence electrons. The van der Waals surface area contributed by atoms with Crippen LogP contribution in [0.25, 0.3) is 11.3 Å². The number of aryl methyl sites for hydroxylation is 1. The van der Waals surface area contributed by atoms with Crippen LogP contribution in [0.1, 0.15) is 34.6 Å². The maximum atomic E-state index is 13.1. The predicted octanol–water partition coefficient (Wildman–Crippen LogP) is 4.87. The number of carbonyl (C=O) groups is 1. The summed E-state index contributed by atoms with van der Waals surface area (Å²) in [6.45, 7) is 0.569. The minimum absolute atomic E-state index is 0.0994. The number of pyridine rings is 2. The third-order valence-corrected chi connectivity index (χ3v) is 5.11. The van der Waals surface area contributed by atoms with Crippen LogP contribution in [0.5, 0.6) is 5.75 Å². The molecule has 1 aliphatic rings. The monoisotopic (exact) mass is 485 g/mol. The summed E-state index contributed by atoms with van der Waals surface area (Å²) in [5, 5.41) is 3.69. The van der Waals surface area contributed by atoms with Gasteiger partial charge in [-0.2, -0.15) is 31.4 Å². The summed E-state index contributed by atoms with van der Waals surface area (Å²) in [6, 6.07) is 2.32. The Balaban J connectivity index is 1.64. The topological polar surface area (TPSA) is 73.1 Å². The molecular formula is C21H17F6N5O2. The van der Waals surface area contributed by atoms with Gasteiger partial charge in [0.05, 0.1) is 41.1 Å². The molecule has 1 atom stereocenters. The number of hydrogen-bond donors (Lipinski definition) is 0. The second-order valence-corrected chi connectivity index (χ2v) is 7.76. The second-order valence-electron chi connectivity index (χ2n) is 7.76. The van der Waals surface area contributed by atoms with Gasteiger partial charge in [0.2, 0.25) is 0 Å². The maximum Gasteiger partial charge on any atom is 0.422 e. The molecule has 0 aliphatic carbocycles. The van der Waals surface area contributed by atoms with Gasteiger partial charge in [-0.1, -0.05) is 0 Å². The number of halogens is 6. The fourth-order valence-corrected chi connectivity index (χ4v) is 3.74. The van der Waals surface area contributed by atoms with Crippen LogP contribution in [0.15, 0.2) is 36.9 Å². The fourth-order valence-electron chi connectivity index (χ4n) is 3.74. The van der Waals surface area contributed by atoms with Crippen molar-refractivity contribution in [3.05, 3.63) is 53.7 Å². The van der Waals surface area contributed by atoms with Crippen molar-refractivity contribution in [2.45, 2.75) is 38.8 Å². The number of carbonyl (C=O) groups excluding carboxylic acids is 1.